The van der Waals surface area contributed by atoms with Gasteiger partial charge in [-0.25, -0.2) is 4.79 Å². The lowest BCUT2D eigenvalue weighted by atomic mass is 10.1. The monoisotopic (exact) mass is 427 g/mol. The smallest absolute Gasteiger partial charge is 0.340 e. The van der Waals surface area contributed by atoms with Gasteiger partial charge in [0.1, 0.15) is 6.33 Å². The van der Waals surface area contributed by atoms with Crippen LogP contribution in [0.15, 0.2) is 58.8 Å². The molecular formula is C19H17N5O5S. The van der Waals surface area contributed by atoms with Crippen LogP contribution in [-0.4, -0.2) is 38.2 Å². The van der Waals surface area contributed by atoms with Crippen molar-refractivity contribution in [2.45, 2.75) is 17.0 Å². The van der Waals surface area contributed by atoms with E-state index in [1.165, 1.54) is 30.6 Å². The van der Waals surface area contributed by atoms with Gasteiger partial charge in [0.25, 0.3) is 11.6 Å². The molecule has 0 atom stereocenters. The third kappa shape index (κ3) is 4.63. The highest BCUT2D eigenvalue weighted by Crippen LogP contribution is 2.34. The minimum absolute atomic E-state index is 0.0719. The first-order valence-electron chi connectivity index (χ1n) is 8.78. The van der Waals surface area contributed by atoms with Crippen LogP contribution in [0.4, 0.5) is 11.4 Å². The summed E-state index contributed by atoms with van der Waals surface area (Å²) in [6, 6.07) is 10.5. The molecule has 3 aromatic rings. The van der Waals surface area contributed by atoms with Crippen LogP contribution in [-0.2, 0) is 11.8 Å². The first-order valence-corrected chi connectivity index (χ1v) is 9.60. The first-order chi connectivity index (χ1) is 14.4. The molecule has 154 valence electrons. The number of anilines is 1. The van der Waals surface area contributed by atoms with Gasteiger partial charge in [-0.2, -0.15) is 0 Å². The minimum Gasteiger partial charge on any atom is -0.462 e. The van der Waals surface area contributed by atoms with Crippen molar-refractivity contribution in [3.63, 3.8) is 0 Å². The largest absolute Gasteiger partial charge is 0.462 e. The molecule has 1 amide bonds. The van der Waals surface area contributed by atoms with Crippen molar-refractivity contribution in [3.05, 3.63) is 70.0 Å². The molecule has 0 unspecified atom stereocenters. The number of hydrogen-bond donors (Lipinski definition) is 1. The Morgan fingerprint density at radius 2 is 2.03 bits per heavy atom. The maximum Gasteiger partial charge on any atom is 0.340 e. The van der Waals surface area contributed by atoms with E-state index in [1.54, 1.807) is 36.7 Å². The van der Waals surface area contributed by atoms with Gasteiger partial charge in [-0.3, -0.25) is 14.9 Å². The summed E-state index contributed by atoms with van der Waals surface area (Å²) in [6.45, 7) is 1.87. The summed E-state index contributed by atoms with van der Waals surface area (Å²) in [5, 5.41) is 22.3. The number of carbonyl (C=O) groups is 2. The van der Waals surface area contributed by atoms with E-state index in [0.717, 1.165) is 11.8 Å². The molecule has 1 N–H and O–H groups in total. The normalized spacial score (nSPS) is 10.5. The molecule has 10 nitrogen and oxygen atoms in total. The van der Waals surface area contributed by atoms with E-state index in [1.807, 2.05) is 0 Å². The SMILES string of the molecule is CCOC(=O)c1ccccc1NC(=O)c1ccc(Sc2nncn2C)c([N+](=O)[O-])c1. The molecule has 0 aliphatic carbocycles. The highest BCUT2D eigenvalue weighted by molar-refractivity contribution is 7.99. The quantitative estimate of drug-likeness (QED) is 0.345. The molecule has 0 saturated heterocycles. The van der Waals surface area contributed by atoms with Crippen molar-refractivity contribution >= 4 is 35.0 Å². The second kappa shape index (κ2) is 9.18. The number of hydrogen-bond acceptors (Lipinski definition) is 8. The highest BCUT2D eigenvalue weighted by Gasteiger charge is 2.21. The summed E-state index contributed by atoms with van der Waals surface area (Å²) in [4.78, 5) is 36.0. The summed E-state index contributed by atoms with van der Waals surface area (Å²) >= 11 is 1.07. The average molecular weight is 427 g/mol. The Labute approximate surface area is 175 Å². The predicted octanol–water partition coefficient (Wildman–Crippen LogP) is 3.30. The number of ether oxygens (including phenoxy) is 1. The van der Waals surface area contributed by atoms with Gasteiger partial charge in [0.2, 0.25) is 0 Å². The minimum atomic E-state index is -0.593. The zero-order valence-electron chi connectivity index (χ0n) is 16.1. The Morgan fingerprint density at radius 3 is 2.70 bits per heavy atom. The average Bonchev–Trinajstić information content (AvgIpc) is 3.13. The molecule has 0 aliphatic heterocycles. The van der Waals surface area contributed by atoms with E-state index in [0.29, 0.717) is 10.1 Å². The molecule has 2 aromatic carbocycles. The van der Waals surface area contributed by atoms with Gasteiger partial charge >= 0.3 is 5.97 Å². The Balaban J connectivity index is 1.87. The molecular weight excluding hydrogens is 410 g/mol. The summed E-state index contributed by atoms with van der Waals surface area (Å²) < 4.78 is 6.61. The van der Waals surface area contributed by atoms with E-state index >= 15 is 0 Å². The Bertz CT molecular complexity index is 1110. The fourth-order valence-corrected chi connectivity index (χ4v) is 3.37. The van der Waals surface area contributed by atoms with Crippen molar-refractivity contribution in [2.75, 3.05) is 11.9 Å². The van der Waals surface area contributed by atoms with Crippen LogP contribution in [0, 0.1) is 10.1 Å². The number of nitro benzene ring substituents is 1. The number of benzene rings is 2. The number of esters is 1. The van der Waals surface area contributed by atoms with Crippen LogP contribution < -0.4 is 5.32 Å². The van der Waals surface area contributed by atoms with E-state index in [4.69, 9.17) is 4.74 Å². The maximum atomic E-state index is 12.7. The van der Waals surface area contributed by atoms with E-state index in [2.05, 4.69) is 15.5 Å². The van der Waals surface area contributed by atoms with Crippen LogP contribution in [0.1, 0.15) is 27.6 Å². The fourth-order valence-electron chi connectivity index (χ4n) is 2.52. The van der Waals surface area contributed by atoms with Gasteiger partial charge in [0.05, 0.1) is 27.7 Å². The van der Waals surface area contributed by atoms with Crippen LogP contribution in [0.3, 0.4) is 0 Å². The first kappa shape index (κ1) is 21.0. The topological polar surface area (TPSA) is 129 Å². The molecule has 3 rings (SSSR count). The van der Waals surface area contributed by atoms with Gasteiger partial charge in [0.15, 0.2) is 5.16 Å². The number of nitrogens with zero attached hydrogens (tertiary/aromatic N) is 4. The van der Waals surface area contributed by atoms with Gasteiger partial charge in [0, 0.05) is 18.7 Å². The van der Waals surface area contributed by atoms with E-state index in [9.17, 15) is 19.7 Å². The van der Waals surface area contributed by atoms with Gasteiger partial charge in [-0.1, -0.05) is 12.1 Å². The molecule has 0 radical (unpaired) electrons. The summed E-state index contributed by atoms with van der Waals surface area (Å²) in [7, 11) is 1.72. The summed E-state index contributed by atoms with van der Waals surface area (Å²) in [6.07, 6.45) is 1.48. The Morgan fingerprint density at radius 1 is 1.27 bits per heavy atom. The maximum absolute atomic E-state index is 12.7. The van der Waals surface area contributed by atoms with E-state index in [-0.39, 0.29) is 29.1 Å². The number of aryl methyl sites for hydroxylation is 1. The van der Waals surface area contributed by atoms with Crippen LogP contribution in [0.2, 0.25) is 0 Å². The van der Waals surface area contributed by atoms with Crippen molar-refractivity contribution in [1.82, 2.24) is 14.8 Å². The number of rotatable bonds is 7. The van der Waals surface area contributed by atoms with E-state index < -0.39 is 16.8 Å². The summed E-state index contributed by atoms with van der Waals surface area (Å²) in [5.41, 5.74) is 0.273. The molecule has 0 bridgehead atoms. The van der Waals surface area contributed by atoms with Crippen molar-refractivity contribution in [1.29, 1.82) is 0 Å². The molecule has 30 heavy (non-hydrogen) atoms. The Kier molecular flexibility index (Phi) is 6.42. The zero-order valence-corrected chi connectivity index (χ0v) is 16.9. The number of nitrogens with one attached hydrogen (secondary N) is 1. The van der Waals surface area contributed by atoms with Crippen LogP contribution in [0.5, 0.6) is 0 Å². The van der Waals surface area contributed by atoms with Crippen LogP contribution in [0.25, 0.3) is 0 Å². The third-order valence-corrected chi connectivity index (χ3v) is 5.08. The lowest BCUT2D eigenvalue weighted by Gasteiger charge is -2.11. The summed E-state index contributed by atoms with van der Waals surface area (Å²) in [5.74, 6) is -1.17. The standard InChI is InChI=1S/C19H17N5O5S/c1-3-29-18(26)13-6-4-5-7-14(13)21-17(25)12-8-9-16(15(10-12)24(27)28)30-19-22-20-11-23(19)2/h4-11H,3H2,1-2H3,(H,21,25). The van der Waals surface area contributed by atoms with Crippen LogP contribution >= 0.6 is 11.8 Å². The van der Waals surface area contributed by atoms with Gasteiger partial charge in [-0.15, -0.1) is 10.2 Å². The number of carbonyl (C=O) groups excluding carboxylic acids is 2. The molecule has 1 heterocycles. The zero-order chi connectivity index (χ0) is 21.7. The van der Waals surface area contributed by atoms with Gasteiger partial charge < -0.3 is 14.6 Å². The number of para-hydroxylation sites is 1. The molecule has 0 fully saturated rings. The highest BCUT2D eigenvalue weighted by atomic mass is 32.2. The molecule has 0 aliphatic rings. The second-order valence-corrected chi connectivity index (χ2v) is 7.00. The Hall–Kier alpha value is -3.73. The molecule has 0 spiro atoms. The van der Waals surface area contributed by atoms with Crippen molar-refractivity contribution < 1.29 is 19.2 Å². The molecule has 11 heteroatoms. The fraction of sp³-hybridized carbons (Fsp3) is 0.158. The van der Waals surface area contributed by atoms with Gasteiger partial charge in [-0.05, 0) is 43.0 Å². The number of nitro groups is 1. The lowest BCUT2D eigenvalue weighted by Crippen LogP contribution is -2.16. The molecule has 1 aromatic heterocycles. The lowest BCUT2D eigenvalue weighted by molar-refractivity contribution is -0.387. The predicted molar refractivity (Wildman–Crippen MR) is 109 cm³/mol. The second-order valence-electron chi connectivity index (χ2n) is 5.99. The number of amides is 1. The third-order valence-electron chi connectivity index (χ3n) is 3.96. The molecule has 0 saturated carbocycles. The van der Waals surface area contributed by atoms with Crippen molar-refractivity contribution in [2.24, 2.45) is 7.05 Å². The number of aromatic nitrogens is 3. The van der Waals surface area contributed by atoms with Crippen molar-refractivity contribution in [3.8, 4) is 0 Å².